The first-order chi connectivity index (χ1) is 8.97. The van der Waals surface area contributed by atoms with Crippen molar-refractivity contribution in [1.82, 2.24) is 4.90 Å². The van der Waals surface area contributed by atoms with Crippen molar-refractivity contribution < 1.29 is 18.8 Å². The Balaban J connectivity index is 2.03. The fraction of sp³-hybridized carbons (Fsp3) is 0.182. The molecule has 1 aromatic carbocycles. The smallest absolute Gasteiger partial charge is 0.289 e. The van der Waals surface area contributed by atoms with Gasteiger partial charge in [0.2, 0.25) is 11.8 Å². The van der Waals surface area contributed by atoms with E-state index in [2.05, 4.69) is 5.32 Å². The van der Waals surface area contributed by atoms with Gasteiger partial charge in [-0.05, 0) is 18.2 Å². The number of nitrogens with one attached hydrogen (secondary N) is 1. The van der Waals surface area contributed by atoms with Crippen LogP contribution in [0.4, 0.5) is 20.6 Å². The largest absolute Gasteiger partial charge is 0.399 e. The summed E-state index contributed by atoms with van der Waals surface area (Å²) in [5, 5.41) is 1.79. The molecule has 0 unspecified atom stereocenters. The number of nitrogen functional groups attached to an aromatic ring is 1. The van der Waals surface area contributed by atoms with E-state index in [0.29, 0.717) is 5.69 Å². The van der Waals surface area contributed by atoms with Gasteiger partial charge in [0.15, 0.2) is 0 Å². The van der Waals surface area contributed by atoms with Crippen molar-refractivity contribution in [3.63, 3.8) is 0 Å². The number of carbonyl (C=O) groups excluding carboxylic acids is 3. The SMILES string of the molecule is Nc1ccc(F)c(NC(=O)CN2C(=O)CSC2=O)c1. The molecule has 8 heteroatoms. The molecule has 1 aliphatic rings. The maximum Gasteiger partial charge on any atom is 0.289 e. The third-order valence-electron chi connectivity index (χ3n) is 2.41. The van der Waals surface area contributed by atoms with Crippen LogP contribution in [0, 0.1) is 5.82 Å². The van der Waals surface area contributed by atoms with Crippen molar-refractivity contribution in [2.24, 2.45) is 0 Å². The lowest BCUT2D eigenvalue weighted by Gasteiger charge is -2.13. The Morgan fingerprint density at radius 3 is 2.84 bits per heavy atom. The number of thioether (sulfide) groups is 1. The number of benzene rings is 1. The van der Waals surface area contributed by atoms with Gasteiger partial charge in [0, 0.05) is 5.69 Å². The summed E-state index contributed by atoms with van der Waals surface area (Å²) in [6.07, 6.45) is 0. The van der Waals surface area contributed by atoms with Gasteiger partial charge in [0.05, 0.1) is 11.4 Å². The van der Waals surface area contributed by atoms with Crippen molar-refractivity contribution >= 4 is 40.2 Å². The lowest BCUT2D eigenvalue weighted by Crippen LogP contribution is -2.36. The van der Waals surface area contributed by atoms with E-state index in [-0.39, 0.29) is 11.4 Å². The van der Waals surface area contributed by atoms with Crippen LogP contribution in [-0.4, -0.2) is 34.3 Å². The van der Waals surface area contributed by atoms with Crippen molar-refractivity contribution in [2.45, 2.75) is 0 Å². The third-order valence-corrected chi connectivity index (χ3v) is 3.27. The molecule has 0 atom stereocenters. The van der Waals surface area contributed by atoms with Crippen LogP contribution in [0.1, 0.15) is 0 Å². The topological polar surface area (TPSA) is 92.5 Å². The van der Waals surface area contributed by atoms with E-state index < -0.39 is 29.4 Å². The average molecular weight is 283 g/mol. The van der Waals surface area contributed by atoms with E-state index in [9.17, 15) is 18.8 Å². The molecule has 0 aliphatic carbocycles. The van der Waals surface area contributed by atoms with E-state index in [0.717, 1.165) is 22.7 Å². The summed E-state index contributed by atoms with van der Waals surface area (Å²) < 4.78 is 13.4. The molecule has 3 N–H and O–H groups in total. The maximum absolute atomic E-state index is 13.4. The summed E-state index contributed by atoms with van der Waals surface area (Å²) in [5.74, 6) is -1.71. The normalized spacial score (nSPS) is 14.9. The molecule has 1 heterocycles. The van der Waals surface area contributed by atoms with E-state index in [1.165, 1.54) is 12.1 Å². The van der Waals surface area contributed by atoms with Crippen LogP contribution in [0.15, 0.2) is 18.2 Å². The number of hydrogen-bond acceptors (Lipinski definition) is 5. The molecule has 0 bridgehead atoms. The number of amides is 3. The minimum atomic E-state index is -0.659. The second-order valence-electron chi connectivity index (χ2n) is 3.82. The third kappa shape index (κ3) is 3.02. The van der Waals surface area contributed by atoms with Gasteiger partial charge < -0.3 is 11.1 Å². The van der Waals surface area contributed by atoms with Gasteiger partial charge in [-0.25, -0.2) is 4.39 Å². The number of rotatable bonds is 3. The second kappa shape index (κ2) is 5.27. The molecule has 1 aliphatic heterocycles. The predicted molar refractivity (Wildman–Crippen MR) is 69.0 cm³/mol. The highest BCUT2D eigenvalue weighted by molar-refractivity contribution is 8.14. The molecule has 1 aromatic rings. The molecule has 1 saturated heterocycles. The summed E-state index contributed by atoms with van der Waals surface area (Å²) in [7, 11) is 0. The highest BCUT2D eigenvalue weighted by atomic mass is 32.2. The van der Waals surface area contributed by atoms with Crippen LogP contribution in [-0.2, 0) is 9.59 Å². The monoisotopic (exact) mass is 283 g/mol. The standard InChI is InChI=1S/C11H10FN3O3S/c12-7-2-1-6(13)3-8(7)14-9(16)4-15-10(17)5-19-11(15)18/h1-3H,4-5,13H2,(H,14,16). The van der Waals surface area contributed by atoms with Gasteiger partial charge in [-0.15, -0.1) is 0 Å². The Hall–Kier alpha value is -2.09. The fourth-order valence-electron chi connectivity index (χ4n) is 1.51. The van der Waals surface area contributed by atoms with E-state index in [1.54, 1.807) is 0 Å². The molecular formula is C11H10FN3O3S. The lowest BCUT2D eigenvalue weighted by molar-refractivity contribution is -0.128. The quantitative estimate of drug-likeness (QED) is 0.809. The summed E-state index contributed by atoms with van der Waals surface area (Å²) in [6.45, 7) is -0.432. The van der Waals surface area contributed by atoms with Gasteiger partial charge in [0.25, 0.3) is 5.24 Å². The number of hydrogen-bond donors (Lipinski definition) is 2. The van der Waals surface area contributed by atoms with E-state index in [4.69, 9.17) is 5.73 Å². The number of carbonyl (C=O) groups is 3. The Bertz CT molecular complexity index is 548. The Morgan fingerprint density at radius 2 is 2.21 bits per heavy atom. The number of halogens is 1. The molecule has 3 amide bonds. The van der Waals surface area contributed by atoms with Crippen LogP contribution in [0.25, 0.3) is 0 Å². The molecule has 0 spiro atoms. The Morgan fingerprint density at radius 1 is 1.47 bits per heavy atom. The van der Waals surface area contributed by atoms with E-state index >= 15 is 0 Å². The fourth-order valence-corrected chi connectivity index (χ4v) is 2.23. The van der Waals surface area contributed by atoms with Gasteiger partial charge in [-0.3, -0.25) is 19.3 Å². The summed E-state index contributed by atoms with van der Waals surface area (Å²) in [5.41, 5.74) is 5.68. The first-order valence-corrected chi connectivity index (χ1v) is 6.28. The zero-order chi connectivity index (χ0) is 14.0. The summed E-state index contributed by atoms with van der Waals surface area (Å²) >= 11 is 0.831. The van der Waals surface area contributed by atoms with Crippen LogP contribution in [0.2, 0.25) is 0 Å². The predicted octanol–water partition coefficient (Wildman–Crippen LogP) is 1.04. The van der Waals surface area contributed by atoms with Gasteiger partial charge in [-0.1, -0.05) is 11.8 Å². The Kier molecular flexibility index (Phi) is 3.70. The van der Waals surface area contributed by atoms with Gasteiger partial charge in [-0.2, -0.15) is 0 Å². The first kappa shape index (κ1) is 13.3. The minimum absolute atomic E-state index is 0.0265. The van der Waals surface area contributed by atoms with Crippen molar-refractivity contribution in [1.29, 1.82) is 0 Å². The highest BCUT2D eigenvalue weighted by Gasteiger charge is 2.31. The molecule has 0 aromatic heterocycles. The van der Waals surface area contributed by atoms with Crippen LogP contribution in [0.5, 0.6) is 0 Å². The maximum atomic E-state index is 13.4. The first-order valence-electron chi connectivity index (χ1n) is 5.29. The van der Waals surface area contributed by atoms with Crippen LogP contribution >= 0.6 is 11.8 Å². The van der Waals surface area contributed by atoms with Crippen LogP contribution in [0.3, 0.4) is 0 Å². The molecule has 0 saturated carbocycles. The van der Waals surface area contributed by atoms with Crippen molar-refractivity contribution in [3.05, 3.63) is 24.0 Å². The number of nitrogens with zero attached hydrogens (tertiary/aromatic N) is 1. The lowest BCUT2D eigenvalue weighted by atomic mass is 10.2. The van der Waals surface area contributed by atoms with Crippen molar-refractivity contribution in [3.8, 4) is 0 Å². The molecule has 2 rings (SSSR count). The number of anilines is 2. The van der Waals surface area contributed by atoms with Gasteiger partial charge in [0.1, 0.15) is 12.4 Å². The molecule has 6 nitrogen and oxygen atoms in total. The summed E-state index contributed by atoms with van der Waals surface area (Å²) in [6, 6.07) is 3.73. The molecule has 0 radical (unpaired) electrons. The number of nitrogens with two attached hydrogens (primary N) is 1. The molecule has 19 heavy (non-hydrogen) atoms. The highest BCUT2D eigenvalue weighted by Crippen LogP contribution is 2.20. The van der Waals surface area contributed by atoms with E-state index in [1.807, 2.05) is 0 Å². The molecule has 1 fully saturated rings. The minimum Gasteiger partial charge on any atom is -0.399 e. The van der Waals surface area contributed by atoms with Gasteiger partial charge >= 0.3 is 0 Å². The molecule has 100 valence electrons. The van der Waals surface area contributed by atoms with Crippen molar-refractivity contribution in [2.75, 3.05) is 23.3 Å². The van der Waals surface area contributed by atoms with Crippen LogP contribution < -0.4 is 11.1 Å². The Labute approximate surface area is 112 Å². The molecular weight excluding hydrogens is 273 g/mol. The zero-order valence-corrected chi connectivity index (χ0v) is 10.5. The second-order valence-corrected chi connectivity index (χ2v) is 4.75. The zero-order valence-electron chi connectivity index (χ0n) is 9.68. The number of imide groups is 1. The summed E-state index contributed by atoms with van der Waals surface area (Å²) in [4.78, 5) is 35.1. The average Bonchev–Trinajstić information content (AvgIpc) is 2.65.